The fourth-order valence-electron chi connectivity index (χ4n) is 4.93. The molecule has 1 fully saturated rings. The molecule has 0 radical (unpaired) electrons. The van der Waals surface area contributed by atoms with E-state index in [0.717, 1.165) is 29.8 Å². The maximum atomic E-state index is 13.7. The van der Waals surface area contributed by atoms with Gasteiger partial charge in [-0.2, -0.15) is 0 Å². The van der Waals surface area contributed by atoms with Crippen LogP contribution in [0.4, 0.5) is 0 Å². The van der Waals surface area contributed by atoms with Crippen LogP contribution in [0.1, 0.15) is 22.0 Å². The fourth-order valence-corrected chi connectivity index (χ4v) is 5.24. The average molecular weight is 595 g/mol. The van der Waals surface area contributed by atoms with E-state index in [1.54, 1.807) is 48.3 Å². The summed E-state index contributed by atoms with van der Waals surface area (Å²) in [5.41, 5.74) is 3.44. The Kier molecular flexibility index (Phi) is 8.70. The van der Waals surface area contributed by atoms with Crippen molar-refractivity contribution in [2.75, 3.05) is 39.9 Å². The first-order valence-electron chi connectivity index (χ1n) is 13.1. The van der Waals surface area contributed by atoms with Crippen molar-refractivity contribution in [3.8, 4) is 11.1 Å². The standard InChI is InChI=1S/C30H28Cl2N4O5/c1-34(29(38)18-36-26-15-24(32)23(31)14-25(26)33-16-28(36)37)27(17-35-10-12-41-13-11-35)21-6-2-19(3-7-21)20-4-8-22(9-5-20)30(39)40/h2-9,14-16,27H,10-13,17-18H2,1H3,(H,39,40). The van der Waals surface area contributed by atoms with Crippen LogP contribution in [0.25, 0.3) is 22.2 Å². The summed E-state index contributed by atoms with van der Waals surface area (Å²) in [6, 6.07) is 17.4. The second kappa shape index (κ2) is 12.4. The van der Waals surface area contributed by atoms with Crippen LogP contribution in [-0.4, -0.2) is 76.2 Å². The number of carbonyl (C=O) groups excluding carboxylic acids is 1. The zero-order chi connectivity index (χ0) is 29.1. The molecule has 212 valence electrons. The third kappa shape index (κ3) is 6.44. The van der Waals surface area contributed by atoms with E-state index in [4.69, 9.17) is 27.9 Å². The monoisotopic (exact) mass is 594 g/mol. The molecule has 3 aromatic carbocycles. The minimum atomic E-state index is -0.973. The smallest absolute Gasteiger partial charge is 0.335 e. The number of hydrogen-bond donors (Lipinski definition) is 1. The van der Waals surface area contributed by atoms with E-state index in [1.807, 2.05) is 24.3 Å². The number of halogens is 2. The first kappa shape index (κ1) is 28.8. The molecular formula is C30H28Cl2N4O5. The summed E-state index contributed by atoms with van der Waals surface area (Å²) in [6.07, 6.45) is 1.17. The minimum Gasteiger partial charge on any atom is -0.478 e. The van der Waals surface area contributed by atoms with Gasteiger partial charge in [0.05, 0.1) is 52.1 Å². The molecule has 9 nitrogen and oxygen atoms in total. The number of carboxylic acids is 1. The molecule has 1 amide bonds. The van der Waals surface area contributed by atoms with Crippen molar-refractivity contribution in [1.82, 2.24) is 19.4 Å². The molecule has 0 bridgehead atoms. The lowest BCUT2D eigenvalue weighted by molar-refractivity contribution is -0.133. The largest absolute Gasteiger partial charge is 0.478 e. The van der Waals surface area contributed by atoms with Gasteiger partial charge in [-0.1, -0.05) is 59.6 Å². The van der Waals surface area contributed by atoms with Gasteiger partial charge in [0, 0.05) is 26.7 Å². The number of amides is 1. The van der Waals surface area contributed by atoms with Crippen LogP contribution in [-0.2, 0) is 16.1 Å². The SMILES string of the molecule is CN(C(=O)Cn1c(=O)cnc2cc(Cl)c(Cl)cc21)C(CN1CCOCC1)c1ccc(-c2ccc(C(=O)O)cc2)cc1. The third-order valence-electron chi connectivity index (χ3n) is 7.34. The third-order valence-corrected chi connectivity index (χ3v) is 8.06. The van der Waals surface area contributed by atoms with Gasteiger partial charge in [-0.3, -0.25) is 19.1 Å². The van der Waals surface area contributed by atoms with E-state index in [1.165, 1.54) is 10.8 Å². The Labute approximate surface area is 246 Å². The molecule has 1 unspecified atom stereocenters. The molecule has 41 heavy (non-hydrogen) atoms. The van der Waals surface area contributed by atoms with E-state index in [0.29, 0.717) is 35.8 Å². The van der Waals surface area contributed by atoms with Gasteiger partial charge in [-0.15, -0.1) is 0 Å². The average Bonchev–Trinajstić information content (AvgIpc) is 2.98. The van der Waals surface area contributed by atoms with E-state index in [2.05, 4.69) is 9.88 Å². The summed E-state index contributed by atoms with van der Waals surface area (Å²) in [7, 11) is 1.74. The molecule has 1 saturated heterocycles. The molecule has 11 heteroatoms. The van der Waals surface area contributed by atoms with Gasteiger partial charge < -0.3 is 14.7 Å². The van der Waals surface area contributed by atoms with E-state index < -0.39 is 11.5 Å². The van der Waals surface area contributed by atoms with Gasteiger partial charge in [0.1, 0.15) is 6.54 Å². The summed E-state index contributed by atoms with van der Waals surface area (Å²) in [5, 5.41) is 9.76. The molecular weight excluding hydrogens is 567 g/mol. The number of aromatic carboxylic acids is 1. The number of likely N-dealkylation sites (N-methyl/N-ethyl adjacent to an activating group) is 1. The van der Waals surface area contributed by atoms with Gasteiger partial charge in [-0.25, -0.2) is 9.78 Å². The van der Waals surface area contributed by atoms with E-state index in [9.17, 15) is 19.5 Å². The van der Waals surface area contributed by atoms with Crippen molar-refractivity contribution >= 4 is 46.1 Å². The van der Waals surface area contributed by atoms with Crippen molar-refractivity contribution < 1.29 is 19.4 Å². The Morgan fingerprint density at radius 3 is 2.24 bits per heavy atom. The van der Waals surface area contributed by atoms with Crippen LogP contribution in [0.5, 0.6) is 0 Å². The fraction of sp³-hybridized carbons (Fsp3) is 0.267. The van der Waals surface area contributed by atoms with Crippen molar-refractivity contribution in [3.63, 3.8) is 0 Å². The summed E-state index contributed by atoms with van der Waals surface area (Å²) < 4.78 is 6.87. The van der Waals surface area contributed by atoms with Gasteiger partial charge in [-0.05, 0) is 41.0 Å². The molecule has 1 N–H and O–H groups in total. The normalized spacial score (nSPS) is 14.6. The number of nitrogens with zero attached hydrogens (tertiary/aromatic N) is 4. The molecule has 4 aromatic rings. The Morgan fingerprint density at radius 2 is 1.61 bits per heavy atom. The Balaban J connectivity index is 1.43. The topological polar surface area (TPSA) is 105 Å². The molecule has 1 aliphatic heterocycles. The maximum absolute atomic E-state index is 13.7. The van der Waals surface area contributed by atoms with Crippen molar-refractivity contribution in [3.05, 3.63) is 98.4 Å². The molecule has 0 aliphatic carbocycles. The van der Waals surface area contributed by atoms with Gasteiger partial charge in [0.15, 0.2) is 0 Å². The van der Waals surface area contributed by atoms with Crippen LogP contribution >= 0.6 is 23.2 Å². The first-order chi connectivity index (χ1) is 19.7. The summed E-state index contributed by atoms with van der Waals surface area (Å²) >= 11 is 12.4. The first-order valence-corrected chi connectivity index (χ1v) is 13.8. The second-order valence-electron chi connectivity index (χ2n) is 9.88. The minimum absolute atomic E-state index is 0.195. The highest BCUT2D eigenvalue weighted by atomic mass is 35.5. The highest BCUT2D eigenvalue weighted by Crippen LogP contribution is 2.28. The number of hydrogen-bond acceptors (Lipinski definition) is 6. The summed E-state index contributed by atoms with van der Waals surface area (Å²) in [6.45, 7) is 3.14. The molecule has 5 rings (SSSR count). The highest BCUT2D eigenvalue weighted by molar-refractivity contribution is 6.42. The number of carboxylic acid groups (broad SMARTS) is 1. The number of aromatic nitrogens is 2. The van der Waals surface area contributed by atoms with Crippen LogP contribution in [0.15, 0.2) is 71.7 Å². The molecule has 1 atom stereocenters. The Hall–Kier alpha value is -3.76. The zero-order valence-corrected chi connectivity index (χ0v) is 23.8. The molecule has 0 spiro atoms. The van der Waals surface area contributed by atoms with E-state index in [-0.39, 0.29) is 29.1 Å². The van der Waals surface area contributed by atoms with Gasteiger partial charge in [0.2, 0.25) is 5.91 Å². The molecule has 0 saturated carbocycles. The predicted molar refractivity (Wildman–Crippen MR) is 158 cm³/mol. The number of fused-ring (bicyclic) bond motifs is 1. The lowest BCUT2D eigenvalue weighted by atomic mass is 9.98. The van der Waals surface area contributed by atoms with Gasteiger partial charge >= 0.3 is 5.97 Å². The van der Waals surface area contributed by atoms with Crippen LogP contribution in [0.3, 0.4) is 0 Å². The lowest BCUT2D eigenvalue weighted by Gasteiger charge is -2.35. The Bertz CT molecular complexity index is 1630. The number of morpholine rings is 1. The molecule has 1 aromatic heterocycles. The quantitative estimate of drug-likeness (QED) is 0.318. The van der Waals surface area contributed by atoms with E-state index >= 15 is 0 Å². The number of rotatable bonds is 8. The molecule has 1 aliphatic rings. The lowest BCUT2D eigenvalue weighted by Crippen LogP contribution is -2.45. The number of benzene rings is 3. The number of ether oxygens (including phenoxy) is 1. The van der Waals surface area contributed by atoms with Gasteiger partial charge in [0.25, 0.3) is 5.56 Å². The number of carbonyl (C=O) groups is 2. The molecule has 2 heterocycles. The highest BCUT2D eigenvalue weighted by Gasteiger charge is 2.26. The second-order valence-corrected chi connectivity index (χ2v) is 10.7. The van der Waals surface area contributed by atoms with Crippen LogP contribution < -0.4 is 5.56 Å². The predicted octanol–water partition coefficient (Wildman–Crippen LogP) is 4.60. The van der Waals surface area contributed by atoms with Crippen LogP contribution in [0, 0.1) is 0 Å². The maximum Gasteiger partial charge on any atom is 0.335 e. The zero-order valence-electron chi connectivity index (χ0n) is 22.3. The van der Waals surface area contributed by atoms with Crippen molar-refractivity contribution in [2.45, 2.75) is 12.6 Å². The van der Waals surface area contributed by atoms with Crippen LogP contribution in [0.2, 0.25) is 10.0 Å². The Morgan fingerprint density at radius 1 is 1.00 bits per heavy atom. The van der Waals surface area contributed by atoms with Crippen molar-refractivity contribution in [1.29, 1.82) is 0 Å². The van der Waals surface area contributed by atoms with Crippen molar-refractivity contribution in [2.24, 2.45) is 0 Å². The summed E-state index contributed by atoms with van der Waals surface area (Å²) in [4.78, 5) is 45.7. The summed E-state index contributed by atoms with van der Waals surface area (Å²) in [5.74, 6) is -1.23.